The van der Waals surface area contributed by atoms with Gasteiger partial charge in [-0.15, -0.1) is 0 Å². The van der Waals surface area contributed by atoms with Crippen LogP contribution >= 0.6 is 0 Å². The monoisotopic (exact) mass is 278 g/mol. The summed E-state index contributed by atoms with van der Waals surface area (Å²) < 4.78 is 12.3. The van der Waals surface area contributed by atoms with Crippen LogP contribution in [0, 0.1) is 5.92 Å². The molecule has 0 saturated carbocycles. The van der Waals surface area contributed by atoms with E-state index >= 15 is 0 Å². The van der Waals surface area contributed by atoms with Gasteiger partial charge in [0.1, 0.15) is 0 Å². The van der Waals surface area contributed by atoms with E-state index in [0.29, 0.717) is 31.8 Å². The van der Waals surface area contributed by atoms with Gasteiger partial charge in [0.2, 0.25) is 5.91 Å². The quantitative estimate of drug-likeness (QED) is 0.897. The molecule has 1 amide bonds. The lowest BCUT2D eigenvalue weighted by atomic mass is 9.93. The van der Waals surface area contributed by atoms with E-state index in [0.717, 1.165) is 18.4 Å². The number of alkyl halides is 1. The number of hydrogen-bond donors (Lipinski definition) is 1. The van der Waals surface area contributed by atoms with Crippen LogP contribution < -0.4 is 5.73 Å². The van der Waals surface area contributed by atoms with E-state index in [1.807, 2.05) is 35.2 Å². The van der Waals surface area contributed by atoms with E-state index in [2.05, 4.69) is 0 Å². The van der Waals surface area contributed by atoms with Crippen molar-refractivity contribution in [3.05, 3.63) is 35.9 Å². The summed E-state index contributed by atoms with van der Waals surface area (Å²) in [4.78, 5) is 14.1. The normalized spacial score (nSPS) is 18.0. The van der Waals surface area contributed by atoms with Gasteiger partial charge >= 0.3 is 0 Å². The summed E-state index contributed by atoms with van der Waals surface area (Å²) in [6.45, 7) is 1.17. The second-order valence-corrected chi connectivity index (χ2v) is 5.54. The maximum atomic E-state index is 12.3. The zero-order valence-corrected chi connectivity index (χ0v) is 11.8. The molecule has 0 unspecified atom stereocenters. The fraction of sp³-hybridized carbons (Fsp3) is 0.562. The van der Waals surface area contributed by atoms with Crippen molar-refractivity contribution in [3.63, 3.8) is 0 Å². The molecule has 1 saturated heterocycles. The number of amides is 1. The van der Waals surface area contributed by atoms with E-state index < -0.39 is 6.04 Å². The summed E-state index contributed by atoms with van der Waals surface area (Å²) in [5.74, 6) is 0.446. The van der Waals surface area contributed by atoms with Gasteiger partial charge in [0.15, 0.2) is 0 Å². The van der Waals surface area contributed by atoms with Gasteiger partial charge in [-0.2, -0.15) is 0 Å². The molecule has 0 spiro atoms. The molecule has 0 radical (unpaired) electrons. The van der Waals surface area contributed by atoms with E-state index in [1.54, 1.807) is 0 Å². The van der Waals surface area contributed by atoms with Crippen molar-refractivity contribution < 1.29 is 9.18 Å². The van der Waals surface area contributed by atoms with Crippen molar-refractivity contribution in [1.82, 2.24) is 4.90 Å². The number of carbonyl (C=O) groups is 1. The maximum absolute atomic E-state index is 12.3. The Morgan fingerprint density at radius 3 is 2.55 bits per heavy atom. The Morgan fingerprint density at radius 2 is 1.95 bits per heavy atom. The summed E-state index contributed by atoms with van der Waals surface area (Å²) in [6, 6.07) is 9.35. The average Bonchev–Trinajstić information content (AvgIpc) is 2.48. The van der Waals surface area contributed by atoms with Crippen molar-refractivity contribution in [2.45, 2.75) is 31.7 Å². The number of nitrogens with zero attached hydrogens (tertiary/aromatic N) is 1. The Labute approximate surface area is 120 Å². The van der Waals surface area contributed by atoms with Crippen molar-refractivity contribution in [2.75, 3.05) is 19.8 Å². The molecule has 0 bridgehead atoms. The largest absolute Gasteiger partial charge is 0.341 e. The molecule has 1 atom stereocenters. The number of carbonyl (C=O) groups excluding carboxylic acids is 1. The minimum Gasteiger partial charge on any atom is -0.341 e. The van der Waals surface area contributed by atoms with Gasteiger partial charge < -0.3 is 10.6 Å². The zero-order valence-electron chi connectivity index (χ0n) is 11.8. The number of piperidine rings is 1. The lowest BCUT2D eigenvalue weighted by Gasteiger charge is -2.33. The molecule has 1 aromatic carbocycles. The second-order valence-electron chi connectivity index (χ2n) is 5.54. The summed E-state index contributed by atoms with van der Waals surface area (Å²) in [6.07, 6.45) is 2.99. The summed E-state index contributed by atoms with van der Waals surface area (Å²) in [5.41, 5.74) is 7.11. The van der Waals surface area contributed by atoms with Crippen LogP contribution in [-0.2, 0) is 11.2 Å². The van der Waals surface area contributed by atoms with Gasteiger partial charge in [-0.25, -0.2) is 0 Å². The standard InChI is InChI=1S/C16H23FN2O/c17-9-6-13-7-10-19(11-8-13)16(20)15(18)12-14-4-2-1-3-5-14/h1-5,13,15H,6-12,18H2/t15-/m0/s1. The number of likely N-dealkylation sites (tertiary alicyclic amines) is 1. The molecule has 2 rings (SSSR count). The van der Waals surface area contributed by atoms with Crippen LogP contribution in [0.1, 0.15) is 24.8 Å². The molecule has 3 nitrogen and oxygen atoms in total. The highest BCUT2D eigenvalue weighted by molar-refractivity contribution is 5.82. The topological polar surface area (TPSA) is 46.3 Å². The minimum atomic E-state index is -0.477. The summed E-state index contributed by atoms with van der Waals surface area (Å²) in [5, 5.41) is 0. The summed E-state index contributed by atoms with van der Waals surface area (Å²) >= 11 is 0. The smallest absolute Gasteiger partial charge is 0.239 e. The first-order chi connectivity index (χ1) is 9.70. The van der Waals surface area contributed by atoms with Crippen LogP contribution in [0.25, 0.3) is 0 Å². The van der Waals surface area contributed by atoms with Gasteiger partial charge in [0, 0.05) is 13.1 Å². The third kappa shape index (κ3) is 4.04. The Balaban J connectivity index is 1.82. The second kappa shape index (κ2) is 7.39. The molecule has 110 valence electrons. The van der Waals surface area contributed by atoms with Crippen LogP contribution in [0.4, 0.5) is 4.39 Å². The van der Waals surface area contributed by atoms with E-state index in [-0.39, 0.29) is 12.6 Å². The predicted octanol–water partition coefficient (Wildman–Crippen LogP) is 2.15. The third-order valence-corrected chi connectivity index (χ3v) is 4.06. The number of nitrogens with two attached hydrogens (primary N) is 1. The highest BCUT2D eigenvalue weighted by Gasteiger charge is 2.26. The molecule has 1 aliphatic heterocycles. The first kappa shape index (κ1) is 15.0. The van der Waals surface area contributed by atoms with Gasteiger partial charge in [0.25, 0.3) is 0 Å². The van der Waals surface area contributed by atoms with Crippen LogP contribution in [0.15, 0.2) is 30.3 Å². The van der Waals surface area contributed by atoms with Crippen molar-refractivity contribution in [3.8, 4) is 0 Å². The van der Waals surface area contributed by atoms with Crippen molar-refractivity contribution >= 4 is 5.91 Å². The average molecular weight is 278 g/mol. The highest BCUT2D eigenvalue weighted by Crippen LogP contribution is 2.21. The van der Waals surface area contributed by atoms with Crippen molar-refractivity contribution in [2.24, 2.45) is 11.7 Å². The maximum Gasteiger partial charge on any atom is 0.239 e. The van der Waals surface area contributed by atoms with Gasteiger partial charge in [-0.05, 0) is 37.2 Å². The van der Waals surface area contributed by atoms with Crippen molar-refractivity contribution in [1.29, 1.82) is 0 Å². The molecular weight excluding hydrogens is 255 g/mol. The molecule has 2 N–H and O–H groups in total. The Hall–Kier alpha value is -1.42. The minimum absolute atomic E-state index is 0.0209. The Kier molecular flexibility index (Phi) is 5.53. The number of benzene rings is 1. The van der Waals surface area contributed by atoms with E-state index in [9.17, 15) is 9.18 Å². The first-order valence-electron chi connectivity index (χ1n) is 7.35. The van der Waals surface area contributed by atoms with Crippen LogP contribution in [0.2, 0.25) is 0 Å². The Bertz CT molecular complexity index is 416. The number of rotatable bonds is 5. The van der Waals surface area contributed by atoms with Gasteiger partial charge in [0.05, 0.1) is 12.7 Å². The molecule has 20 heavy (non-hydrogen) atoms. The molecule has 0 aromatic heterocycles. The molecule has 1 aliphatic rings. The lowest BCUT2D eigenvalue weighted by molar-refractivity contribution is -0.134. The third-order valence-electron chi connectivity index (χ3n) is 4.06. The molecule has 1 heterocycles. The molecular formula is C16H23FN2O. The molecule has 0 aliphatic carbocycles. The number of halogens is 1. The molecule has 1 aromatic rings. The van der Waals surface area contributed by atoms with Gasteiger partial charge in [-0.3, -0.25) is 9.18 Å². The Morgan fingerprint density at radius 1 is 1.30 bits per heavy atom. The van der Waals surface area contributed by atoms with Gasteiger partial charge in [-0.1, -0.05) is 30.3 Å². The fourth-order valence-electron chi connectivity index (χ4n) is 2.79. The fourth-order valence-corrected chi connectivity index (χ4v) is 2.79. The molecule has 4 heteroatoms. The van der Waals surface area contributed by atoms with E-state index in [4.69, 9.17) is 5.73 Å². The highest BCUT2D eigenvalue weighted by atomic mass is 19.1. The predicted molar refractivity (Wildman–Crippen MR) is 78.0 cm³/mol. The number of hydrogen-bond acceptors (Lipinski definition) is 2. The zero-order chi connectivity index (χ0) is 14.4. The summed E-state index contributed by atoms with van der Waals surface area (Å²) in [7, 11) is 0. The van der Waals surface area contributed by atoms with Crippen LogP contribution in [0.5, 0.6) is 0 Å². The SMILES string of the molecule is N[C@@H](Cc1ccccc1)C(=O)N1CCC(CCF)CC1. The lowest BCUT2D eigenvalue weighted by Crippen LogP contribution is -2.48. The molecule has 1 fully saturated rings. The van der Waals surface area contributed by atoms with E-state index in [1.165, 1.54) is 0 Å². The van der Waals surface area contributed by atoms with Crippen LogP contribution in [-0.4, -0.2) is 36.6 Å². The van der Waals surface area contributed by atoms with Crippen LogP contribution in [0.3, 0.4) is 0 Å². The first-order valence-corrected chi connectivity index (χ1v) is 7.35.